The number of nitro groups is 1. The molecule has 0 saturated carbocycles. The highest BCUT2D eigenvalue weighted by Crippen LogP contribution is 2.36. The first-order chi connectivity index (χ1) is 11.4. The molecule has 0 saturated heterocycles. The fraction of sp³-hybridized carbons (Fsp3) is 0.133. The van der Waals surface area contributed by atoms with Crippen molar-refractivity contribution >= 4 is 11.8 Å². The van der Waals surface area contributed by atoms with Gasteiger partial charge in [-0.05, 0) is 11.6 Å². The maximum absolute atomic E-state index is 12.8. The first-order valence-electron chi connectivity index (χ1n) is 6.56. The molecule has 1 atom stereocenters. The van der Waals surface area contributed by atoms with Crippen molar-refractivity contribution < 1.29 is 33.1 Å². The van der Waals surface area contributed by atoms with Crippen LogP contribution in [0.2, 0.25) is 0 Å². The summed E-state index contributed by atoms with van der Waals surface area (Å²) in [6.07, 6.45) is -3.13. The van der Waals surface area contributed by atoms with Crippen molar-refractivity contribution in [2.45, 2.75) is 12.7 Å². The zero-order chi connectivity index (χ0) is 17.7. The molecule has 24 heavy (non-hydrogen) atoms. The maximum Gasteiger partial charge on any atom is 0.511 e. The molecule has 0 heterocycles. The summed E-state index contributed by atoms with van der Waals surface area (Å²) in [5.41, 5.74) is -0.354. The smallest absolute Gasteiger partial charge is 0.449 e. The topological polar surface area (TPSA) is 98.9 Å². The van der Waals surface area contributed by atoms with E-state index in [4.69, 9.17) is 5.11 Å². The normalized spacial score (nSPS) is 12.0. The second-order valence-electron chi connectivity index (χ2n) is 4.53. The first kappa shape index (κ1) is 17.3. The summed E-state index contributed by atoms with van der Waals surface area (Å²) in [7, 11) is 0. The number of nitro benzene ring substituents is 1. The number of halogens is 2. The van der Waals surface area contributed by atoms with Gasteiger partial charge in [0, 0.05) is 17.7 Å². The van der Waals surface area contributed by atoms with Gasteiger partial charge in [-0.2, -0.15) is 8.78 Å². The van der Waals surface area contributed by atoms with Crippen LogP contribution in [0.5, 0.6) is 5.75 Å². The van der Waals surface area contributed by atoms with Gasteiger partial charge >= 0.3 is 12.8 Å². The van der Waals surface area contributed by atoms with Gasteiger partial charge < -0.3 is 14.6 Å². The second kappa shape index (κ2) is 7.47. The third kappa shape index (κ3) is 4.23. The molecule has 1 N–H and O–H groups in total. The lowest BCUT2D eigenvalue weighted by Crippen LogP contribution is -2.14. The standard InChI is InChI=1S/C15H11F2NO6/c16-14(17)24-13(9-4-2-1-3-5-9)11-8-10(18(21)22)6-7-12(11)23-15(19)20/h1-8,13-14H,(H,19,20). The molecule has 9 heteroatoms. The Morgan fingerprint density at radius 2 is 1.83 bits per heavy atom. The molecule has 0 radical (unpaired) electrons. The van der Waals surface area contributed by atoms with E-state index in [1.54, 1.807) is 18.2 Å². The van der Waals surface area contributed by atoms with E-state index >= 15 is 0 Å². The van der Waals surface area contributed by atoms with E-state index in [1.807, 2.05) is 0 Å². The average Bonchev–Trinajstić information content (AvgIpc) is 2.53. The quantitative estimate of drug-likeness (QED) is 0.370. The van der Waals surface area contributed by atoms with Crippen molar-refractivity contribution in [1.82, 2.24) is 0 Å². The van der Waals surface area contributed by atoms with Crippen LogP contribution in [0.25, 0.3) is 0 Å². The minimum Gasteiger partial charge on any atom is -0.449 e. The van der Waals surface area contributed by atoms with Gasteiger partial charge in [-0.3, -0.25) is 10.1 Å². The zero-order valence-corrected chi connectivity index (χ0v) is 12.0. The number of hydrogen-bond donors (Lipinski definition) is 1. The van der Waals surface area contributed by atoms with E-state index in [0.717, 1.165) is 18.2 Å². The minimum atomic E-state index is -3.19. The largest absolute Gasteiger partial charge is 0.511 e. The number of non-ortho nitro benzene ring substituents is 1. The molecule has 2 aromatic carbocycles. The molecule has 0 fully saturated rings. The van der Waals surface area contributed by atoms with Gasteiger partial charge in [-0.1, -0.05) is 30.3 Å². The Balaban J connectivity index is 2.59. The van der Waals surface area contributed by atoms with Gasteiger partial charge in [0.2, 0.25) is 0 Å². The van der Waals surface area contributed by atoms with Crippen molar-refractivity contribution in [2.75, 3.05) is 0 Å². The predicted octanol–water partition coefficient (Wildman–Crippen LogP) is 3.98. The highest BCUT2D eigenvalue weighted by molar-refractivity contribution is 5.63. The number of benzene rings is 2. The van der Waals surface area contributed by atoms with Crippen molar-refractivity contribution in [3.8, 4) is 5.75 Å². The monoisotopic (exact) mass is 339 g/mol. The number of nitrogens with zero attached hydrogens (tertiary/aromatic N) is 1. The van der Waals surface area contributed by atoms with Gasteiger partial charge in [0.15, 0.2) is 0 Å². The van der Waals surface area contributed by atoms with Crippen LogP contribution in [0, 0.1) is 10.1 Å². The fourth-order valence-corrected chi connectivity index (χ4v) is 2.10. The molecule has 0 aliphatic carbocycles. The molecule has 0 aliphatic heterocycles. The van der Waals surface area contributed by atoms with E-state index in [9.17, 15) is 23.7 Å². The van der Waals surface area contributed by atoms with E-state index in [0.29, 0.717) is 0 Å². The van der Waals surface area contributed by atoms with Gasteiger partial charge in [-0.25, -0.2) is 4.79 Å². The van der Waals surface area contributed by atoms with Crippen molar-refractivity contribution in [2.24, 2.45) is 0 Å². The summed E-state index contributed by atoms with van der Waals surface area (Å²) >= 11 is 0. The molecule has 0 aromatic heterocycles. The molecule has 1 unspecified atom stereocenters. The Hall–Kier alpha value is -3.07. The number of rotatable bonds is 6. The summed E-state index contributed by atoms with van der Waals surface area (Å²) in [6, 6.07) is 10.7. The van der Waals surface area contributed by atoms with Crippen LogP contribution < -0.4 is 4.74 Å². The Bertz CT molecular complexity index is 738. The summed E-state index contributed by atoms with van der Waals surface area (Å²) < 4.78 is 34.7. The third-order valence-electron chi connectivity index (χ3n) is 3.03. The highest BCUT2D eigenvalue weighted by atomic mass is 19.3. The lowest BCUT2D eigenvalue weighted by atomic mass is 10.00. The van der Waals surface area contributed by atoms with Crippen LogP contribution in [0.3, 0.4) is 0 Å². The predicted molar refractivity (Wildman–Crippen MR) is 77.1 cm³/mol. The minimum absolute atomic E-state index is 0.196. The molecule has 0 bridgehead atoms. The second-order valence-corrected chi connectivity index (χ2v) is 4.53. The lowest BCUT2D eigenvalue weighted by Gasteiger charge is -2.20. The Kier molecular flexibility index (Phi) is 5.38. The Morgan fingerprint density at radius 3 is 2.38 bits per heavy atom. The summed E-state index contributed by atoms with van der Waals surface area (Å²) in [6.45, 7) is -3.19. The van der Waals surface area contributed by atoms with E-state index < -0.39 is 29.5 Å². The van der Waals surface area contributed by atoms with Crippen LogP contribution in [-0.4, -0.2) is 22.8 Å². The molecule has 0 aliphatic rings. The van der Waals surface area contributed by atoms with Gasteiger partial charge in [-0.15, -0.1) is 0 Å². The number of ether oxygens (including phenoxy) is 2. The molecule has 126 valence electrons. The van der Waals surface area contributed by atoms with Gasteiger partial charge in [0.05, 0.1) is 4.92 Å². The van der Waals surface area contributed by atoms with E-state index in [2.05, 4.69) is 9.47 Å². The van der Waals surface area contributed by atoms with Crippen LogP contribution in [0.4, 0.5) is 19.3 Å². The average molecular weight is 339 g/mol. The number of alkyl halides is 2. The summed E-state index contributed by atoms with van der Waals surface area (Å²) in [5.74, 6) is -0.331. The molecule has 0 amide bonds. The van der Waals surface area contributed by atoms with Crippen LogP contribution in [-0.2, 0) is 4.74 Å². The summed E-state index contributed by atoms with van der Waals surface area (Å²) in [5, 5.41) is 19.7. The Labute approximate surface area is 134 Å². The molecular weight excluding hydrogens is 328 g/mol. The number of hydrogen-bond acceptors (Lipinski definition) is 5. The maximum atomic E-state index is 12.8. The summed E-state index contributed by atoms with van der Waals surface area (Å²) in [4.78, 5) is 21.0. The van der Waals surface area contributed by atoms with Crippen molar-refractivity contribution in [1.29, 1.82) is 0 Å². The Morgan fingerprint density at radius 1 is 1.17 bits per heavy atom. The molecule has 7 nitrogen and oxygen atoms in total. The number of carboxylic acid groups (broad SMARTS) is 1. The fourth-order valence-electron chi connectivity index (χ4n) is 2.10. The van der Waals surface area contributed by atoms with Crippen LogP contribution >= 0.6 is 0 Å². The van der Waals surface area contributed by atoms with E-state index in [1.165, 1.54) is 12.1 Å². The molecule has 2 aromatic rings. The zero-order valence-electron chi connectivity index (χ0n) is 12.0. The van der Waals surface area contributed by atoms with Crippen molar-refractivity contribution in [3.63, 3.8) is 0 Å². The van der Waals surface area contributed by atoms with Crippen LogP contribution in [0.15, 0.2) is 48.5 Å². The van der Waals surface area contributed by atoms with E-state index in [-0.39, 0.29) is 16.9 Å². The molecule has 0 spiro atoms. The number of carbonyl (C=O) groups is 1. The first-order valence-corrected chi connectivity index (χ1v) is 6.56. The SMILES string of the molecule is O=C(O)Oc1ccc([N+](=O)[O-])cc1C(OC(F)F)c1ccccc1. The highest BCUT2D eigenvalue weighted by Gasteiger charge is 2.26. The van der Waals surface area contributed by atoms with Gasteiger partial charge in [0.1, 0.15) is 11.9 Å². The lowest BCUT2D eigenvalue weighted by molar-refractivity contribution is -0.385. The molecular formula is C15H11F2NO6. The third-order valence-corrected chi connectivity index (χ3v) is 3.03. The van der Waals surface area contributed by atoms with Crippen molar-refractivity contribution in [3.05, 3.63) is 69.8 Å². The van der Waals surface area contributed by atoms with Gasteiger partial charge in [0.25, 0.3) is 5.69 Å². The molecule has 2 rings (SSSR count). The van der Waals surface area contributed by atoms with Crippen LogP contribution in [0.1, 0.15) is 17.2 Å².